The molecule has 0 radical (unpaired) electrons. The Morgan fingerprint density at radius 2 is 2.05 bits per heavy atom. The van der Waals surface area contributed by atoms with E-state index < -0.39 is 9.05 Å². The van der Waals surface area contributed by atoms with Crippen molar-refractivity contribution in [1.82, 2.24) is 14.5 Å². The third-order valence-corrected chi connectivity index (χ3v) is 3.85. The number of aromatic nitrogens is 3. The number of hydrogen-bond donors (Lipinski definition) is 0. The molecule has 0 bridgehead atoms. The Kier molecular flexibility index (Phi) is 3.91. The fraction of sp³-hybridized carbons (Fsp3) is 0.333. The summed E-state index contributed by atoms with van der Waals surface area (Å²) in [6.07, 6.45) is 2.07. The van der Waals surface area contributed by atoms with Gasteiger partial charge in [0.2, 0.25) is 0 Å². The van der Waals surface area contributed by atoms with Crippen LogP contribution in [-0.4, -0.2) is 23.0 Å². The number of rotatable bonds is 4. The van der Waals surface area contributed by atoms with E-state index >= 15 is 0 Å². The van der Waals surface area contributed by atoms with Crippen LogP contribution in [0.3, 0.4) is 0 Å². The molecule has 19 heavy (non-hydrogen) atoms. The molecule has 0 fully saturated rings. The largest absolute Gasteiger partial charge is 0.327 e. The van der Waals surface area contributed by atoms with Crippen molar-refractivity contribution in [3.8, 4) is 0 Å². The van der Waals surface area contributed by atoms with Crippen molar-refractivity contribution >= 4 is 19.7 Å². The average molecular weight is 300 g/mol. The number of halogens is 1. The van der Waals surface area contributed by atoms with Gasteiger partial charge < -0.3 is 4.57 Å². The van der Waals surface area contributed by atoms with Crippen molar-refractivity contribution in [3.05, 3.63) is 41.6 Å². The molecule has 2 heterocycles. The molecule has 102 valence electrons. The second-order valence-corrected chi connectivity index (χ2v) is 6.70. The van der Waals surface area contributed by atoms with Gasteiger partial charge in [-0.05, 0) is 19.1 Å². The van der Waals surface area contributed by atoms with Crippen LogP contribution in [0.25, 0.3) is 0 Å². The summed E-state index contributed by atoms with van der Waals surface area (Å²) >= 11 is 0. The maximum absolute atomic E-state index is 11.3. The molecule has 0 amide bonds. The lowest BCUT2D eigenvalue weighted by Crippen LogP contribution is -2.05. The van der Waals surface area contributed by atoms with E-state index in [-0.39, 0.29) is 5.03 Å². The first-order chi connectivity index (χ1) is 8.90. The smallest absolute Gasteiger partial charge is 0.280 e. The predicted molar refractivity (Wildman–Crippen MR) is 72.7 cm³/mol. The van der Waals surface area contributed by atoms with Gasteiger partial charge in [0, 0.05) is 29.0 Å². The fourth-order valence-corrected chi connectivity index (χ4v) is 2.52. The molecule has 0 unspecified atom stereocenters. The van der Waals surface area contributed by atoms with Gasteiger partial charge in [-0.2, -0.15) is 0 Å². The van der Waals surface area contributed by atoms with E-state index in [0.29, 0.717) is 18.8 Å². The Hall–Kier alpha value is -1.40. The molecule has 0 aromatic carbocycles. The third kappa shape index (κ3) is 3.33. The molecule has 0 atom stereocenters. The first-order valence-corrected chi connectivity index (χ1v) is 8.14. The SMILES string of the molecule is CCc1nc(S(=O)(=O)Cl)cn1Cc1cccc(C)n1. The van der Waals surface area contributed by atoms with Gasteiger partial charge in [-0.1, -0.05) is 13.0 Å². The van der Waals surface area contributed by atoms with Crippen LogP contribution in [0, 0.1) is 6.92 Å². The number of hydrogen-bond acceptors (Lipinski definition) is 4. The standard InChI is InChI=1S/C12H14ClN3O2S/c1-3-11-15-12(19(13,17)18)8-16(11)7-10-6-4-5-9(2)14-10/h4-6,8H,3,7H2,1-2H3. The van der Waals surface area contributed by atoms with Gasteiger partial charge in [-0.25, -0.2) is 13.4 Å². The van der Waals surface area contributed by atoms with E-state index in [1.165, 1.54) is 6.20 Å². The van der Waals surface area contributed by atoms with Crippen LogP contribution in [0.2, 0.25) is 0 Å². The summed E-state index contributed by atoms with van der Waals surface area (Å²) in [6, 6.07) is 5.72. The first-order valence-electron chi connectivity index (χ1n) is 5.83. The molecule has 0 saturated carbocycles. The lowest BCUT2D eigenvalue weighted by molar-refractivity contribution is 0.606. The third-order valence-electron chi connectivity index (χ3n) is 2.68. The monoisotopic (exact) mass is 299 g/mol. The molecular formula is C12H14ClN3O2S. The second-order valence-electron chi connectivity index (χ2n) is 4.18. The van der Waals surface area contributed by atoms with Crippen LogP contribution in [0.5, 0.6) is 0 Å². The van der Waals surface area contributed by atoms with Crippen LogP contribution >= 0.6 is 10.7 Å². The van der Waals surface area contributed by atoms with Gasteiger partial charge in [0.15, 0.2) is 5.03 Å². The summed E-state index contributed by atoms with van der Waals surface area (Å²) in [4.78, 5) is 8.42. The highest BCUT2D eigenvalue weighted by molar-refractivity contribution is 8.13. The van der Waals surface area contributed by atoms with E-state index in [9.17, 15) is 8.42 Å². The summed E-state index contributed by atoms with van der Waals surface area (Å²) in [5.41, 5.74) is 1.77. The summed E-state index contributed by atoms with van der Waals surface area (Å²) in [5.74, 6) is 0.669. The highest BCUT2D eigenvalue weighted by Crippen LogP contribution is 2.16. The van der Waals surface area contributed by atoms with Gasteiger partial charge in [0.25, 0.3) is 9.05 Å². The van der Waals surface area contributed by atoms with E-state index in [0.717, 1.165) is 11.4 Å². The van der Waals surface area contributed by atoms with E-state index in [4.69, 9.17) is 10.7 Å². The quantitative estimate of drug-likeness (QED) is 0.811. The first kappa shape index (κ1) is 14.0. The van der Waals surface area contributed by atoms with Crippen LogP contribution < -0.4 is 0 Å². The summed E-state index contributed by atoms with van der Waals surface area (Å²) < 4.78 is 24.4. The van der Waals surface area contributed by atoms with Gasteiger partial charge >= 0.3 is 0 Å². The summed E-state index contributed by atoms with van der Waals surface area (Å²) in [6.45, 7) is 4.30. The molecule has 5 nitrogen and oxygen atoms in total. The average Bonchev–Trinajstić information content (AvgIpc) is 2.72. The van der Waals surface area contributed by atoms with Gasteiger partial charge in [-0.15, -0.1) is 0 Å². The topological polar surface area (TPSA) is 64.8 Å². The molecule has 7 heteroatoms. The Morgan fingerprint density at radius 3 is 2.63 bits per heavy atom. The maximum atomic E-state index is 11.3. The van der Waals surface area contributed by atoms with Gasteiger partial charge in [0.1, 0.15) is 5.82 Å². The molecule has 0 aliphatic carbocycles. The molecule has 0 N–H and O–H groups in total. The lowest BCUT2D eigenvalue weighted by atomic mass is 10.3. The van der Waals surface area contributed by atoms with Crippen molar-refractivity contribution in [2.45, 2.75) is 31.8 Å². The van der Waals surface area contributed by atoms with Gasteiger partial charge in [-0.3, -0.25) is 4.98 Å². The normalized spacial score (nSPS) is 11.7. The number of pyridine rings is 1. The zero-order valence-electron chi connectivity index (χ0n) is 10.7. The van der Waals surface area contributed by atoms with Crippen molar-refractivity contribution in [3.63, 3.8) is 0 Å². The van der Waals surface area contributed by atoms with Gasteiger partial charge in [0.05, 0.1) is 12.2 Å². The summed E-state index contributed by atoms with van der Waals surface area (Å²) in [7, 11) is 1.51. The minimum absolute atomic E-state index is 0.112. The highest BCUT2D eigenvalue weighted by atomic mass is 35.7. The number of imidazole rings is 1. The van der Waals surface area contributed by atoms with Crippen LogP contribution in [0.15, 0.2) is 29.4 Å². The molecule has 0 aliphatic heterocycles. The maximum Gasteiger partial charge on any atom is 0.280 e. The summed E-state index contributed by atoms with van der Waals surface area (Å²) in [5, 5.41) is -0.112. The molecule has 2 aromatic rings. The highest BCUT2D eigenvalue weighted by Gasteiger charge is 2.17. The van der Waals surface area contributed by atoms with E-state index in [1.807, 2.05) is 32.0 Å². The Labute approximate surface area is 116 Å². The van der Waals surface area contributed by atoms with Crippen LogP contribution in [0.1, 0.15) is 24.1 Å². The minimum atomic E-state index is -3.80. The van der Waals surface area contributed by atoms with Crippen molar-refractivity contribution < 1.29 is 8.42 Å². The Balaban J connectivity index is 2.37. The Morgan fingerprint density at radius 1 is 1.32 bits per heavy atom. The molecule has 0 aliphatic rings. The zero-order valence-corrected chi connectivity index (χ0v) is 12.2. The molecule has 2 rings (SSSR count). The van der Waals surface area contributed by atoms with Crippen molar-refractivity contribution in [1.29, 1.82) is 0 Å². The van der Waals surface area contributed by atoms with Crippen molar-refractivity contribution in [2.24, 2.45) is 0 Å². The lowest BCUT2D eigenvalue weighted by Gasteiger charge is -2.06. The minimum Gasteiger partial charge on any atom is -0.327 e. The second kappa shape index (κ2) is 5.30. The van der Waals surface area contributed by atoms with Crippen LogP contribution in [-0.2, 0) is 22.0 Å². The van der Waals surface area contributed by atoms with E-state index in [2.05, 4.69) is 9.97 Å². The molecular weight excluding hydrogens is 286 g/mol. The molecule has 2 aromatic heterocycles. The molecule has 0 saturated heterocycles. The zero-order chi connectivity index (χ0) is 14.0. The van der Waals surface area contributed by atoms with Crippen LogP contribution in [0.4, 0.5) is 0 Å². The fourth-order valence-electron chi connectivity index (χ4n) is 1.83. The predicted octanol–water partition coefficient (Wildman–Crippen LogP) is 2.12. The van der Waals surface area contributed by atoms with E-state index in [1.54, 1.807) is 4.57 Å². The molecule has 0 spiro atoms. The number of nitrogens with zero attached hydrogens (tertiary/aromatic N) is 3. The van der Waals surface area contributed by atoms with Crippen molar-refractivity contribution in [2.75, 3.05) is 0 Å². The Bertz CT molecular complexity index is 695. The number of aryl methyl sites for hydroxylation is 2.